The van der Waals surface area contributed by atoms with Gasteiger partial charge in [-0.3, -0.25) is 23.5 Å². The van der Waals surface area contributed by atoms with Crippen molar-refractivity contribution in [2.45, 2.75) is 33.0 Å². The molecular formula is C21H20FN3O5. The molecule has 0 bridgehead atoms. The van der Waals surface area contributed by atoms with E-state index in [0.717, 1.165) is 15.2 Å². The number of esters is 1. The Hall–Kier alpha value is -3.75. The summed E-state index contributed by atoms with van der Waals surface area (Å²) in [7, 11) is 0. The first-order valence-electron chi connectivity index (χ1n) is 9.30. The van der Waals surface area contributed by atoms with Crippen LogP contribution in [0.4, 0.5) is 10.1 Å². The predicted octanol–water partition coefficient (Wildman–Crippen LogP) is 1.89. The molecule has 1 amide bonds. The summed E-state index contributed by atoms with van der Waals surface area (Å²) in [5.74, 6) is -2.00. The summed E-state index contributed by atoms with van der Waals surface area (Å²) in [6, 6.07) is 11.7. The SMILES string of the molecule is CCn1c(=O)c2ccccc2n(CC(=O)OC(C)C(=O)Nc2cccc(F)c2)c1=O. The fourth-order valence-electron chi connectivity index (χ4n) is 3.03. The molecule has 30 heavy (non-hydrogen) atoms. The maximum absolute atomic E-state index is 13.2. The molecule has 3 aromatic rings. The highest BCUT2D eigenvalue weighted by Crippen LogP contribution is 2.11. The Labute approximate surface area is 170 Å². The number of nitrogens with one attached hydrogen (secondary N) is 1. The van der Waals surface area contributed by atoms with E-state index in [4.69, 9.17) is 4.74 Å². The van der Waals surface area contributed by atoms with Crippen LogP contribution in [0.15, 0.2) is 58.1 Å². The molecule has 0 spiro atoms. The molecule has 2 aromatic carbocycles. The molecule has 3 rings (SSSR count). The van der Waals surface area contributed by atoms with Crippen LogP contribution in [-0.4, -0.2) is 27.1 Å². The number of hydrogen-bond acceptors (Lipinski definition) is 5. The number of carbonyl (C=O) groups excluding carboxylic acids is 2. The smallest absolute Gasteiger partial charge is 0.332 e. The number of anilines is 1. The van der Waals surface area contributed by atoms with Crippen LogP contribution in [0.5, 0.6) is 0 Å². The minimum atomic E-state index is -1.18. The average Bonchev–Trinajstić information content (AvgIpc) is 2.71. The molecule has 0 aliphatic rings. The minimum absolute atomic E-state index is 0.143. The van der Waals surface area contributed by atoms with Crippen LogP contribution in [0.3, 0.4) is 0 Å². The van der Waals surface area contributed by atoms with Crippen molar-refractivity contribution >= 4 is 28.5 Å². The Balaban J connectivity index is 1.79. The van der Waals surface area contributed by atoms with Crippen LogP contribution >= 0.6 is 0 Å². The number of fused-ring (bicyclic) bond motifs is 1. The number of aromatic nitrogens is 2. The van der Waals surface area contributed by atoms with Gasteiger partial charge in [-0.1, -0.05) is 18.2 Å². The van der Waals surface area contributed by atoms with E-state index in [0.29, 0.717) is 10.9 Å². The van der Waals surface area contributed by atoms with Gasteiger partial charge >= 0.3 is 11.7 Å². The number of ether oxygens (including phenoxy) is 1. The predicted molar refractivity (Wildman–Crippen MR) is 109 cm³/mol. The summed E-state index contributed by atoms with van der Waals surface area (Å²) in [6.45, 7) is 2.68. The van der Waals surface area contributed by atoms with E-state index in [2.05, 4.69) is 5.32 Å². The van der Waals surface area contributed by atoms with Crippen LogP contribution in [0.2, 0.25) is 0 Å². The number of para-hydroxylation sites is 1. The molecule has 0 radical (unpaired) electrons. The van der Waals surface area contributed by atoms with Crippen molar-refractivity contribution in [1.82, 2.24) is 9.13 Å². The van der Waals surface area contributed by atoms with Gasteiger partial charge in [-0.25, -0.2) is 9.18 Å². The van der Waals surface area contributed by atoms with Gasteiger partial charge in [-0.05, 0) is 44.2 Å². The lowest BCUT2D eigenvalue weighted by Crippen LogP contribution is -2.41. The summed E-state index contributed by atoms with van der Waals surface area (Å²) in [4.78, 5) is 49.7. The topological polar surface area (TPSA) is 99.4 Å². The van der Waals surface area contributed by atoms with Crippen molar-refractivity contribution in [3.8, 4) is 0 Å². The Morgan fingerprint density at radius 3 is 2.53 bits per heavy atom. The van der Waals surface area contributed by atoms with E-state index in [-0.39, 0.29) is 12.2 Å². The zero-order valence-electron chi connectivity index (χ0n) is 16.4. The second-order valence-electron chi connectivity index (χ2n) is 6.57. The zero-order chi connectivity index (χ0) is 21.8. The van der Waals surface area contributed by atoms with Gasteiger partial charge in [0.05, 0.1) is 10.9 Å². The molecule has 0 aliphatic heterocycles. The maximum Gasteiger partial charge on any atom is 0.332 e. The van der Waals surface area contributed by atoms with E-state index in [1.54, 1.807) is 31.2 Å². The van der Waals surface area contributed by atoms with Crippen LogP contribution in [0, 0.1) is 5.82 Å². The quantitative estimate of drug-likeness (QED) is 0.622. The molecule has 8 nitrogen and oxygen atoms in total. The zero-order valence-corrected chi connectivity index (χ0v) is 16.4. The van der Waals surface area contributed by atoms with Crippen molar-refractivity contribution in [1.29, 1.82) is 0 Å². The summed E-state index contributed by atoms with van der Waals surface area (Å²) in [6.07, 6.45) is -1.18. The molecule has 1 unspecified atom stereocenters. The van der Waals surface area contributed by atoms with Gasteiger partial charge < -0.3 is 10.1 Å². The van der Waals surface area contributed by atoms with Crippen LogP contribution in [0.1, 0.15) is 13.8 Å². The molecule has 0 aliphatic carbocycles. The Kier molecular flexibility index (Phi) is 6.10. The van der Waals surface area contributed by atoms with Crippen molar-refractivity contribution in [3.63, 3.8) is 0 Å². The fraction of sp³-hybridized carbons (Fsp3) is 0.238. The molecule has 1 heterocycles. The number of hydrogen-bond donors (Lipinski definition) is 1. The Morgan fingerprint density at radius 2 is 1.83 bits per heavy atom. The van der Waals surface area contributed by atoms with Crippen LogP contribution in [-0.2, 0) is 27.4 Å². The average molecular weight is 413 g/mol. The Bertz CT molecular complexity index is 1230. The fourth-order valence-corrected chi connectivity index (χ4v) is 3.03. The molecule has 1 atom stereocenters. The summed E-state index contributed by atoms with van der Waals surface area (Å²) < 4.78 is 20.5. The third-order valence-corrected chi connectivity index (χ3v) is 4.51. The monoisotopic (exact) mass is 413 g/mol. The van der Waals surface area contributed by atoms with E-state index in [9.17, 15) is 23.6 Å². The van der Waals surface area contributed by atoms with Gasteiger partial charge in [-0.15, -0.1) is 0 Å². The van der Waals surface area contributed by atoms with Gasteiger partial charge in [0.15, 0.2) is 6.10 Å². The molecule has 0 saturated heterocycles. The molecular weight excluding hydrogens is 393 g/mol. The lowest BCUT2D eigenvalue weighted by atomic mass is 10.2. The second-order valence-corrected chi connectivity index (χ2v) is 6.57. The number of amides is 1. The minimum Gasteiger partial charge on any atom is -0.451 e. The highest BCUT2D eigenvalue weighted by atomic mass is 19.1. The Morgan fingerprint density at radius 1 is 1.10 bits per heavy atom. The van der Waals surface area contributed by atoms with E-state index < -0.39 is 41.6 Å². The largest absolute Gasteiger partial charge is 0.451 e. The number of carbonyl (C=O) groups is 2. The first-order chi connectivity index (χ1) is 14.3. The third-order valence-electron chi connectivity index (χ3n) is 4.51. The molecule has 1 N–H and O–H groups in total. The highest BCUT2D eigenvalue weighted by Gasteiger charge is 2.20. The van der Waals surface area contributed by atoms with Crippen LogP contribution < -0.4 is 16.6 Å². The van der Waals surface area contributed by atoms with Gasteiger partial charge in [-0.2, -0.15) is 0 Å². The van der Waals surface area contributed by atoms with Crippen molar-refractivity contribution in [3.05, 3.63) is 75.2 Å². The van der Waals surface area contributed by atoms with Crippen molar-refractivity contribution in [2.75, 3.05) is 5.32 Å². The molecule has 0 fully saturated rings. The molecule has 1 aromatic heterocycles. The number of nitrogens with zero attached hydrogens (tertiary/aromatic N) is 2. The summed E-state index contributed by atoms with van der Waals surface area (Å²) >= 11 is 0. The molecule has 0 saturated carbocycles. The van der Waals surface area contributed by atoms with E-state index in [1.807, 2.05) is 0 Å². The van der Waals surface area contributed by atoms with E-state index >= 15 is 0 Å². The summed E-state index contributed by atoms with van der Waals surface area (Å²) in [5.41, 5.74) is -0.563. The molecule has 9 heteroatoms. The van der Waals surface area contributed by atoms with Gasteiger partial charge in [0.2, 0.25) is 0 Å². The number of rotatable bonds is 6. The van der Waals surface area contributed by atoms with Gasteiger partial charge in [0.25, 0.3) is 11.5 Å². The van der Waals surface area contributed by atoms with Gasteiger partial charge in [0.1, 0.15) is 12.4 Å². The molecule has 156 valence electrons. The maximum atomic E-state index is 13.2. The normalized spacial score (nSPS) is 11.8. The first kappa shape index (κ1) is 21.0. The third kappa shape index (κ3) is 4.29. The van der Waals surface area contributed by atoms with Crippen LogP contribution in [0.25, 0.3) is 10.9 Å². The number of benzene rings is 2. The standard InChI is InChI=1S/C21H20FN3O5/c1-3-24-20(28)16-9-4-5-10-17(16)25(21(24)29)12-18(26)30-13(2)19(27)23-15-8-6-7-14(22)11-15/h4-11,13H,3,12H2,1-2H3,(H,23,27). The summed E-state index contributed by atoms with van der Waals surface area (Å²) in [5, 5.41) is 2.74. The van der Waals surface area contributed by atoms with E-state index in [1.165, 1.54) is 25.1 Å². The lowest BCUT2D eigenvalue weighted by molar-refractivity contribution is -0.153. The van der Waals surface area contributed by atoms with Gasteiger partial charge in [0, 0.05) is 12.2 Å². The number of halogens is 1. The second kappa shape index (κ2) is 8.73. The van der Waals surface area contributed by atoms with Crippen molar-refractivity contribution < 1.29 is 18.7 Å². The lowest BCUT2D eigenvalue weighted by Gasteiger charge is -2.16. The first-order valence-corrected chi connectivity index (χ1v) is 9.30. The highest BCUT2D eigenvalue weighted by molar-refractivity contribution is 5.95. The van der Waals surface area contributed by atoms with Crippen molar-refractivity contribution in [2.24, 2.45) is 0 Å².